The average molecular weight is 521 g/mol. The molecule has 2 aliphatic rings. The summed E-state index contributed by atoms with van der Waals surface area (Å²) in [7, 11) is 0. The largest absolute Gasteiger partial charge is 0.445 e. The van der Waals surface area contributed by atoms with E-state index in [1.165, 1.54) is 31.8 Å². The van der Waals surface area contributed by atoms with Crippen molar-refractivity contribution in [3.8, 4) is 0 Å². The second-order valence-corrected chi connectivity index (χ2v) is 10.1. The third-order valence-corrected chi connectivity index (χ3v) is 7.50. The van der Waals surface area contributed by atoms with Crippen LogP contribution in [0.5, 0.6) is 0 Å². The quantitative estimate of drug-likeness (QED) is 0.347. The molecule has 204 valence electrons. The van der Waals surface area contributed by atoms with Crippen molar-refractivity contribution in [2.45, 2.75) is 63.8 Å². The molecule has 1 heterocycles. The van der Waals surface area contributed by atoms with Crippen LogP contribution < -0.4 is 5.32 Å². The van der Waals surface area contributed by atoms with Gasteiger partial charge < -0.3 is 19.3 Å². The molecule has 0 radical (unpaired) electrons. The van der Waals surface area contributed by atoms with Gasteiger partial charge >= 0.3 is 6.09 Å². The number of anilines is 1. The Hall–Kier alpha value is -2.97. The van der Waals surface area contributed by atoms with Gasteiger partial charge in [-0.1, -0.05) is 74.9 Å². The zero-order chi connectivity index (χ0) is 26.9. The Balaban J connectivity index is 1.55. The summed E-state index contributed by atoms with van der Waals surface area (Å²) in [6.45, 7) is 11.5. The fourth-order valence-corrected chi connectivity index (χ4v) is 5.38. The van der Waals surface area contributed by atoms with Gasteiger partial charge in [0.05, 0.1) is 18.8 Å². The van der Waals surface area contributed by atoms with E-state index in [9.17, 15) is 9.90 Å². The Morgan fingerprint density at radius 2 is 1.74 bits per heavy atom. The Morgan fingerprint density at radius 1 is 1.05 bits per heavy atom. The van der Waals surface area contributed by atoms with Crippen molar-refractivity contribution in [3.63, 3.8) is 0 Å². The molecule has 4 unspecified atom stereocenters. The number of nitrogens with one attached hydrogen (secondary N) is 1. The minimum atomic E-state index is -0.561. The van der Waals surface area contributed by atoms with E-state index in [4.69, 9.17) is 14.2 Å². The van der Waals surface area contributed by atoms with Crippen LogP contribution in [-0.2, 0) is 20.8 Å². The SMILES string of the molecule is C=CCOC(=O)Nc1ccc(C2OC(CN(CC=C)C3CCCC3)C(C)C(c3ccc(CO)cc3)O2)cc1. The number of aliphatic hydroxyl groups excluding tert-OH is 1. The predicted octanol–water partition coefficient (Wildman–Crippen LogP) is 6.14. The van der Waals surface area contributed by atoms with E-state index in [-0.39, 0.29) is 31.3 Å². The minimum Gasteiger partial charge on any atom is -0.445 e. The summed E-state index contributed by atoms with van der Waals surface area (Å²) in [5.41, 5.74) is 3.43. The second-order valence-electron chi connectivity index (χ2n) is 10.1. The van der Waals surface area contributed by atoms with Crippen LogP contribution in [0.15, 0.2) is 73.8 Å². The maximum Gasteiger partial charge on any atom is 0.411 e. The lowest BCUT2D eigenvalue weighted by Gasteiger charge is -2.43. The first-order valence-electron chi connectivity index (χ1n) is 13.5. The van der Waals surface area contributed by atoms with Gasteiger partial charge in [-0.05, 0) is 36.1 Å². The number of carbonyl (C=O) groups excluding carboxylic acids is 1. The lowest BCUT2D eigenvalue weighted by molar-refractivity contribution is -0.276. The van der Waals surface area contributed by atoms with E-state index >= 15 is 0 Å². The van der Waals surface area contributed by atoms with Crippen molar-refractivity contribution in [1.82, 2.24) is 4.90 Å². The van der Waals surface area contributed by atoms with Crippen LogP contribution in [-0.4, -0.2) is 47.9 Å². The number of rotatable bonds is 11. The summed E-state index contributed by atoms with van der Waals surface area (Å²) in [5.74, 6) is 0.112. The summed E-state index contributed by atoms with van der Waals surface area (Å²) in [5, 5.41) is 12.2. The Labute approximate surface area is 226 Å². The summed E-state index contributed by atoms with van der Waals surface area (Å²) < 4.78 is 18.2. The van der Waals surface area contributed by atoms with Gasteiger partial charge in [-0.3, -0.25) is 10.2 Å². The first kappa shape index (κ1) is 28.0. The number of ether oxygens (including phenoxy) is 3. The van der Waals surface area contributed by atoms with E-state index in [0.717, 1.165) is 29.8 Å². The van der Waals surface area contributed by atoms with Crippen molar-refractivity contribution >= 4 is 11.8 Å². The van der Waals surface area contributed by atoms with E-state index in [0.29, 0.717) is 11.7 Å². The molecule has 4 atom stereocenters. The Bertz CT molecular complexity index is 1050. The van der Waals surface area contributed by atoms with Crippen LogP contribution in [0.1, 0.15) is 61.7 Å². The lowest BCUT2D eigenvalue weighted by Crippen LogP contribution is -2.47. The molecular weight excluding hydrogens is 480 g/mol. The van der Waals surface area contributed by atoms with E-state index < -0.39 is 12.4 Å². The Morgan fingerprint density at radius 3 is 2.37 bits per heavy atom. The fraction of sp³-hybridized carbons (Fsp3) is 0.452. The number of benzene rings is 2. The molecule has 7 heteroatoms. The molecule has 2 fully saturated rings. The normalized spacial score (nSPS) is 23.8. The highest BCUT2D eigenvalue weighted by atomic mass is 16.7. The van der Waals surface area contributed by atoms with Crippen molar-refractivity contribution in [3.05, 3.63) is 90.5 Å². The molecule has 1 saturated heterocycles. The number of hydrogen-bond donors (Lipinski definition) is 2. The maximum atomic E-state index is 11.9. The predicted molar refractivity (Wildman–Crippen MR) is 149 cm³/mol. The molecule has 0 bridgehead atoms. The topological polar surface area (TPSA) is 80.3 Å². The van der Waals surface area contributed by atoms with Crippen LogP contribution >= 0.6 is 0 Å². The van der Waals surface area contributed by atoms with Gasteiger partial charge in [0.1, 0.15) is 6.61 Å². The first-order valence-corrected chi connectivity index (χ1v) is 13.5. The molecule has 2 aromatic rings. The average Bonchev–Trinajstić information content (AvgIpc) is 3.48. The van der Waals surface area contributed by atoms with Crippen molar-refractivity contribution in [2.75, 3.05) is 25.0 Å². The molecule has 1 aliphatic carbocycles. The number of nitrogens with zero attached hydrogens (tertiary/aromatic N) is 1. The zero-order valence-electron chi connectivity index (χ0n) is 22.3. The van der Waals surface area contributed by atoms with Gasteiger partial charge in [0.2, 0.25) is 0 Å². The van der Waals surface area contributed by atoms with Crippen LogP contribution in [0.2, 0.25) is 0 Å². The van der Waals surface area contributed by atoms with Gasteiger partial charge in [-0.2, -0.15) is 0 Å². The molecule has 38 heavy (non-hydrogen) atoms. The molecule has 2 N–H and O–H groups in total. The van der Waals surface area contributed by atoms with Gasteiger partial charge in [0.25, 0.3) is 0 Å². The van der Waals surface area contributed by atoms with Crippen LogP contribution in [0.4, 0.5) is 10.5 Å². The second kappa shape index (κ2) is 13.7. The highest BCUT2D eigenvalue weighted by Gasteiger charge is 2.40. The van der Waals surface area contributed by atoms with Crippen molar-refractivity contribution in [2.24, 2.45) is 5.92 Å². The third-order valence-electron chi connectivity index (χ3n) is 7.50. The van der Waals surface area contributed by atoms with Crippen LogP contribution in [0.25, 0.3) is 0 Å². The molecule has 7 nitrogen and oxygen atoms in total. The van der Waals surface area contributed by atoms with Crippen molar-refractivity contribution in [1.29, 1.82) is 0 Å². The summed E-state index contributed by atoms with van der Waals surface area (Å²) >= 11 is 0. The number of hydrogen-bond acceptors (Lipinski definition) is 6. The molecule has 1 aliphatic heterocycles. The molecule has 1 amide bonds. The number of carbonyl (C=O) groups is 1. The monoisotopic (exact) mass is 520 g/mol. The Kier molecular flexibility index (Phi) is 10.1. The number of amides is 1. The zero-order valence-corrected chi connectivity index (χ0v) is 22.3. The maximum absolute atomic E-state index is 11.9. The smallest absolute Gasteiger partial charge is 0.411 e. The van der Waals surface area contributed by atoms with Crippen LogP contribution in [0, 0.1) is 5.92 Å². The third kappa shape index (κ3) is 7.11. The standard InChI is InChI=1S/C31H40N2O5/c1-4-18-33(27-8-6-7-9-27)20-28-22(3)29(24-12-10-23(21-34)11-13-24)38-30(37-28)25-14-16-26(17-15-25)32-31(35)36-19-5-2/h4-5,10-17,22,27-30,34H,1-2,6-9,18-21H2,3H3,(H,32,35). The van der Waals surface area contributed by atoms with E-state index in [1.807, 2.05) is 54.6 Å². The highest BCUT2D eigenvalue weighted by Crippen LogP contribution is 2.42. The lowest BCUT2D eigenvalue weighted by atomic mass is 9.89. The summed E-state index contributed by atoms with van der Waals surface area (Å²) in [4.78, 5) is 14.4. The molecular formula is C31H40N2O5. The molecule has 0 spiro atoms. The van der Waals surface area contributed by atoms with Gasteiger partial charge in [0, 0.05) is 36.3 Å². The van der Waals surface area contributed by atoms with Gasteiger partial charge in [0.15, 0.2) is 6.29 Å². The first-order chi connectivity index (χ1) is 18.5. The van der Waals surface area contributed by atoms with Gasteiger partial charge in [-0.25, -0.2) is 4.79 Å². The molecule has 4 rings (SSSR count). The number of aliphatic hydroxyl groups is 1. The van der Waals surface area contributed by atoms with Crippen molar-refractivity contribution < 1.29 is 24.1 Å². The molecule has 2 aromatic carbocycles. The van der Waals surface area contributed by atoms with Gasteiger partial charge in [-0.15, -0.1) is 6.58 Å². The fourth-order valence-electron chi connectivity index (χ4n) is 5.38. The van der Waals surface area contributed by atoms with E-state index in [1.54, 1.807) is 0 Å². The van der Waals surface area contributed by atoms with Crippen LogP contribution in [0.3, 0.4) is 0 Å². The summed E-state index contributed by atoms with van der Waals surface area (Å²) in [6.07, 6.45) is 7.15. The summed E-state index contributed by atoms with van der Waals surface area (Å²) in [6, 6.07) is 16.0. The van der Waals surface area contributed by atoms with E-state index in [2.05, 4.69) is 30.3 Å². The highest BCUT2D eigenvalue weighted by molar-refractivity contribution is 5.84. The molecule has 1 saturated carbocycles. The molecule has 0 aromatic heterocycles. The minimum absolute atomic E-state index is 0.00906.